The van der Waals surface area contributed by atoms with Gasteiger partial charge in [0.05, 0.1) is 12.5 Å². The van der Waals surface area contributed by atoms with Crippen molar-refractivity contribution in [2.24, 2.45) is 0 Å². The zero-order valence-electron chi connectivity index (χ0n) is 17.6. The number of pyridine rings is 1. The van der Waals surface area contributed by atoms with Crippen LogP contribution in [-0.4, -0.2) is 37.1 Å². The Labute approximate surface area is 179 Å². The largest absolute Gasteiger partial charge is 0.481 e. The van der Waals surface area contributed by atoms with E-state index in [2.05, 4.69) is 20.4 Å². The Bertz CT molecular complexity index is 968. The summed E-state index contributed by atoms with van der Waals surface area (Å²) in [5.41, 5.74) is 0.503. The molecule has 2 N–H and O–H groups in total. The van der Waals surface area contributed by atoms with Gasteiger partial charge in [-0.05, 0) is 29.5 Å². The predicted octanol–water partition coefficient (Wildman–Crippen LogP) is 3.60. The van der Waals surface area contributed by atoms with Crippen LogP contribution in [0.4, 0.5) is 14.5 Å². The van der Waals surface area contributed by atoms with Crippen LogP contribution in [0.2, 0.25) is 0 Å². The van der Waals surface area contributed by atoms with Gasteiger partial charge in [-0.1, -0.05) is 38.1 Å². The number of anilines is 1. The molecule has 7 nitrogen and oxygen atoms in total. The molecule has 2 amide bonds. The van der Waals surface area contributed by atoms with E-state index in [1.807, 2.05) is 38.1 Å². The van der Waals surface area contributed by atoms with E-state index < -0.39 is 23.8 Å². The summed E-state index contributed by atoms with van der Waals surface area (Å²) in [7, 11) is 1.34. The maximum absolute atomic E-state index is 13.6. The van der Waals surface area contributed by atoms with Crippen molar-refractivity contribution < 1.29 is 27.8 Å². The van der Waals surface area contributed by atoms with Crippen LogP contribution in [-0.2, 0) is 15.0 Å². The molecule has 1 aliphatic heterocycles. The Morgan fingerprint density at radius 2 is 1.97 bits per heavy atom. The smallest absolute Gasteiger partial charge is 0.388 e. The zero-order chi connectivity index (χ0) is 22.6. The molecule has 1 aromatic heterocycles. The Morgan fingerprint density at radius 1 is 1.23 bits per heavy atom. The third-order valence-corrected chi connectivity index (χ3v) is 5.36. The third kappa shape index (κ3) is 4.76. The van der Waals surface area contributed by atoms with Crippen molar-refractivity contribution in [3.8, 4) is 11.8 Å². The molecule has 0 aliphatic carbocycles. The van der Waals surface area contributed by atoms with Crippen molar-refractivity contribution in [1.82, 2.24) is 10.3 Å². The van der Waals surface area contributed by atoms with Gasteiger partial charge < -0.3 is 20.1 Å². The van der Waals surface area contributed by atoms with Crippen molar-refractivity contribution in [3.05, 3.63) is 47.5 Å². The highest BCUT2D eigenvalue weighted by atomic mass is 19.3. The van der Waals surface area contributed by atoms with Gasteiger partial charge in [0.25, 0.3) is 0 Å². The summed E-state index contributed by atoms with van der Waals surface area (Å²) >= 11 is 0. The van der Waals surface area contributed by atoms with Crippen LogP contribution in [0.5, 0.6) is 11.8 Å². The average molecular weight is 433 g/mol. The lowest BCUT2D eigenvalue weighted by Crippen LogP contribution is -2.51. The van der Waals surface area contributed by atoms with Crippen LogP contribution in [0.15, 0.2) is 36.4 Å². The van der Waals surface area contributed by atoms with Crippen LogP contribution in [0.25, 0.3) is 0 Å². The Balaban J connectivity index is 2.05. The van der Waals surface area contributed by atoms with Crippen LogP contribution in [0, 0.1) is 0 Å². The summed E-state index contributed by atoms with van der Waals surface area (Å²) in [6.45, 7) is 1.20. The fraction of sp³-hybridized carbons (Fsp3) is 0.409. The number of halogens is 2. The Morgan fingerprint density at radius 3 is 2.61 bits per heavy atom. The third-order valence-electron chi connectivity index (χ3n) is 5.36. The molecule has 0 bridgehead atoms. The maximum Gasteiger partial charge on any atom is 0.388 e. The number of ether oxygens (including phenoxy) is 2. The summed E-state index contributed by atoms with van der Waals surface area (Å²) in [5, 5.41) is 5.42. The monoisotopic (exact) mass is 433 g/mol. The number of alkyl halides is 2. The second kappa shape index (κ2) is 9.28. The lowest BCUT2D eigenvalue weighted by Gasteiger charge is -2.38. The first kappa shape index (κ1) is 22.5. The Hall–Kier alpha value is -3.23. The van der Waals surface area contributed by atoms with Crippen LogP contribution in [0.1, 0.15) is 43.7 Å². The summed E-state index contributed by atoms with van der Waals surface area (Å²) < 4.78 is 35.2. The number of nitrogens with zero attached hydrogens (tertiary/aromatic N) is 1. The molecule has 1 fully saturated rings. The first-order chi connectivity index (χ1) is 14.8. The molecule has 1 atom stereocenters. The summed E-state index contributed by atoms with van der Waals surface area (Å²) in [4.78, 5) is 29.8. The topological polar surface area (TPSA) is 89.6 Å². The van der Waals surface area contributed by atoms with E-state index in [1.54, 1.807) is 0 Å². The van der Waals surface area contributed by atoms with Gasteiger partial charge in [0.2, 0.25) is 23.6 Å². The van der Waals surface area contributed by atoms with Gasteiger partial charge >= 0.3 is 6.61 Å². The molecular formula is C22H25F2N3O4. The van der Waals surface area contributed by atoms with Gasteiger partial charge in [-0.2, -0.15) is 13.8 Å². The molecular weight excluding hydrogens is 408 g/mol. The second-order valence-electron chi connectivity index (χ2n) is 7.64. The first-order valence-corrected chi connectivity index (χ1v) is 9.94. The quantitative estimate of drug-likeness (QED) is 0.697. The minimum atomic E-state index is -3.13. The second-order valence-corrected chi connectivity index (χ2v) is 7.64. The van der Waals surface area contributed by atoms with Crippen LogP contribution >= 0.6 is 0 Å². The molecule has 1 saturated heterocycles. The standard InChI is InChI=1S/C22H25F2N3O4/c1-13(2)14-6-4-5-7-15(14)22(10-11-25-17(28)12-22)20(29)26-16-8-9-18(30-3)27-19(16)31-21(23)24/h4-9,13,21H,10-12H2,1-3H3,(H,25,28)(H,26,29). The molecule has 2 aromatic rings. The minimum Gasteiger partial charge on any atom is -0.481 e. The first-order valence-electron chi connectivity index (χ1n) is 9.94. The number of rotatable bonds is 7. The molecule has 2 heterocycles. The van der Waals surface area contributed by atoms with E-state index in [4.69, 9.17) is 4.74 Å². The predicted molar refractivity (Wildman–Crippen MR) is 111 cm³/mol. The molecule has 0 saturated carbocycles. The van der Waals surface area contributed by atoms with E-state index in [0.717, 1.165) is 11.1 Å². The lowest BCUT2D eigenvalue weighted by atomic mass is 9.69. The highest BCUT2D eigenvalue weighted by molar-refractivity contribution is 6.03. The van der Waals surface area contributed by atoms with Gasteiger partial charge in [-0.3, -0.25) is 9.59 Å². The van der Waals surface area contributed by atoms with Gasteiger partial charge in [0.1, 0.15) is 5.69 Å². The molecule has 31 heavy (non-hydrogen) atoms. The lowest BCUT2D eigenvalue weighted by molar-refractivity contribution is -0.131. The molecule has 1 unspecified atom stereocenters. The van der Waals surface area contributed by atoms with E-state index in [1.165, 1.54) is 19.2 Å². The molecule has 0 radical (unpaired) electrons. The molecule has 0 spiro atoms. The number of methoxy groups -OCH3 is 1. The van der Waals surface area contributed by atoms with Crippen molar-refractivity contribution in [2.75, 3.05) is 19.0 Å². The number of hydrogen-bond acceptors (Lipinski definition) is 5. The minimum absolute atomic E-state index is 0.0292. The molecule has 1 aliphatic rings. The highest BCUT2D eigenvalue weighted by Crippen LogP contribution is 2.40. The summed E-state index contributed by atoms with van der Waals surface area (Å²) in [6.07, 6.45) is 0.306. The molecule has 1 aromatic carbocycles. The SMILES string of the molecule is COc1ccc(NC(=O)C2(c3ccccc3C(C)C)CCNC(=O)C2)c(OC(F)F)n1. The zero-order valence-corrected chi connectivity index (χ0v) is 17.6. The molecule has 3 rings (SSSR count). The maximum atomic E-state index is 13.6. The van der Waals surface area contributed by atoms with Gasteiger partial charge in [0, 0.05) is 19.0 Å². The number of aromatic nitrogens is 1. The average Bonchev–Trinajstić information content (AvgIpc) is 2.74. The normalized spacial score (nSPS) is 18.6. The van der Waals surface area contributed by atoms with E-state index in [9.17, 15) is 18.4 Å². The molecule has 9 heteroatoms. The number of carbonyl (C=O) groups is 2. The number of nitrogens with one attached hydrogen (secondary N) is 2. The van der Waals surface area contributed by atoms with Gasteiger partial charge in [-0.15, -0.1) is 0 Å². The number of amides is 2. The van der Waals surface area contributed by atoms with E-state index in [0.29, 0.717) is 13.0 Å². The van der Waals surface area contributed by atoms with Crippen molar-refractivity contribution in [1.29, 1.82) is 0 Å². The fourth-order valence-corrected chi connectivity index (χ4v) is 3.87. The van der Waals surface area contributed by atoms with Crippen molar-refractivity contribution in [2.45, 2.75) is 44.6 Å². The van der Waals surface area contributed by atoms with Crippen molar-refractivity contribution in [3.63, 3.8) is 0 Å². The highest BCUT2D eigenvalue weighted by Gasteiger charge is 2.46. The molecule has 166 valence electrons. The van der Waals surface area contributed by atoms with Gasteiger partial charge in [-0.25, -0.2) is 0 Å². The number of carbonyl (C=O) groups excluding carboxylic acids is 2. The van der Waals surface area contributed by atoms with Crippen molar-refractivity contribution >= 4 is 17.5 Å². The summed E-state index contributed by atoms with van der Waals surface area (Å²) in [5.74, 6) is -1.02. The van der Waals surface area contributed by atoms with E-state index in [-0.39, 0.29) is 29.8 Å². The Kier molecular flexibility index (Phi) is 6.72. The summed E-state index contributed by atoms with van der Waals surface area (Å²) in [6, 6.07) is 10.3. The van der Waals surface area contributed by atoms with Gasteiger partial charge in [0.15, 0.2) is 0 Å². The van der Waals surface area contributed by atoms with Crippen LogP contribution < -0.4 is 20.1 Å². The number of piperidine rings is 1. The number of hydrogen-bond donors (Lipinski definition) is 2. The fourth-order valence-electron chi connectivity index (χ4n) is 3.87. The number of benzene rings is 1. The van der Waals surface area contributed by atoms with Crippen LogP contribution in [0.3, 0.4) is 0 Å². The van der Waals surface area contributed by atoms with E-state index >= 15 is 0 Å².